The largest absolute Gasteiger partial charge is 0.468 e. The fourth-order valence-corrected chi connectivity index (χ4v) is 2.16. The van der Waals surface area contributed by atoms with Crippen molar-refractivity contribution in [3.05, 3.63) is 24.2 Å². The summed E-state index contributed by atoms with van der Waals surface area (Å²) in [6.45, 7) is 4.45. The monoisotopic (exact) mass is 208 g/mol. The van der Waals surface area contributed by atoms with Crippen LogP contribution in [0.25, 0.3) is 0 Å². The Labute approximate surface area is 91.2 Å². The summed E-state index contributed by atoms with van der Waals surface area (Å²) in [5, 5.41) is 7.05. The van der Waals surface area contributed by atoms with Gasteiger partial charge in [-0.3, -0.25) is 0 Å². The summed E-state index contributed by atoms with van der Waals surface area (Å²) in [6, 6.07) is 4.93. The molecule has 3 heteroatoms. The maximum atomic E-state index is 5.39. The summed E-state index contributed by atoms with van der Waals surface area (Å²) in [6.07, 6.45) is 5.48. The van der Waals surface area contributed by atoms with E-state index in [2.05, 4.69) is 17.6 Å². The van der Waals surface area contributed by atoms with Gasteiger partial charge in [0.1, 0.15) is 5.76 Å². The molecule has 0 aliphatic carbocycles. The second-order valence-electron chi connectivity index (χ2n) is 4.28. The van der Waals surface area contributed by atoms with Crippen molar-refractivity contribution < 1.29 is 4.42 Å². The minimum Gasteiger partial charge on any atom is -0.468 e. The molecule has 1 aliphatic rings. The first kappa shape index (κ1) is 10.7. The van der Waals surface area contributed by atoms with E-state index >= 15 is 0 Å². The lowest BCUT2D eigenvalue weighted by molar-refractivity contribution is 0.370. The molecule has 0 spiro atoms. The summed E-state index contributed by atoms with van der Waals surface area (Å²) in [5.41, 5.74) is 0. The Bertz CT molecular complexity index is 263. The topological polar surface area (TPSA) is 37.2 Å². The van der Waals surface area contributed by atoms with E-state index in [1.165, 1.54) is 19.3 Å². The molecule has 1 saturated heterocycles. The van der Waals surface area contributed by atoms with Gasteiger partial charge in [0.05, 0.1) is 12.3 Å². The van der Waals surface area contributed by atoms with Crippen LogP contribution in [0.2, 0.25) is 0 Å². The fourth-order valence-electron chi connectivity index (χ4n) is 2.16. The van der Waals surface area contributed by atoms with Crippen LogP contribution in [0.3, 0.4) is 0 Å². The van der Waals surface area contributed by atoms with Crippen molar-refractivity contribution in [2.45, 2.75) is 38.3 Å². The average molecular weight is 208 g/mol. The van der Waals surface area contributed by atoms with Gasteiger partial charge in [-0.1, -0.05) is 0 Å². The van der Waals surface area contributed by atoms with Crippen molar-refractivity contribution >= 4 is 0 Å². The summed E-state index contributed by atoms with van der Waals surface area (Å²) in [7, 11) is 0. The van der Waals surface area contributed by atoms with E-state index in [1.807, 2.05) is 12.1 Å². The van der Waals surface area contributed by atoms with E-state index in [0.29, 0.717) is 12.1 Å². The van der Waals surface area contributed by atoms with Gasteiger partial charge >= 0.3 is 0 Å². The molecule has 1 aliphatic heterocycles. The van der Waals surface area contributed by atoms with Gasteiger partial charge in [0.25, 0.3) is 0 Å². The second kappa shape index (κ2) is 5.33. The van der Waals surface area contributed by atoms with Gasteiger partial charge in [0.15, 0.2) is 0 Å². The van der Waals surface area contributed by atoms with Gasteiger partial charge in [-0.05, 0) is 51.4 Å². The predicted octanol–water partition coefficient (Wildman–Crippen LogP) is 2.07. The third-order valence-corrected chi connectivity index (χ3v) is 3.03. The number of hydrogen-bond acceptors (Lipinski definition) is 3. The summed E-state index contributed by atoms with van der Waals surface area (Å²) < 4.78 is 5.39. The van der Waals surface area contributed by atoms with Gasteiger partial charge in [-0.2, -0.15) is 0 Å². The van der Waals surface area contributed by atoms with E-state index in [9.17, 15) is 0 Å². The van der Waals surface area contributed by atoms with Gasteiger partial charge in [-0.25, -0.2) is 0 Å². The second-order valence-corrected chi connectivity index (χ2v) is 4.28. The van der Waals surface area contributed by atoms with Gasteiger partial charge in [0, 0.05) is 6.04 Å². The van der Waals surface area contributed by atoms with E-state index in [-0.39, 0.29) is 0 Å². The van der Waals surface area contributed by atoms with Crippen LogP contribution in [0.1, 0.15) is 38.0 Å². The first-order chi connectivity index (χ1) is 7.36. The lowest BCUT2D eigenvalue weighted by atomic mass is 10.1. The molecule has 1 fully saturated rings. The van der Waals surface area contributed by atoms with Gasteiger partial charge < -0.3 is 15.1 Å². The zero-order valence-corrected chi connectivity index (χ0v) is 9.33. The van der Waals surface area contributed by atoms with Crippen molar-refractivity contribution in [2.75, 3.05) is 13.1 Å². The highest BCUT2D eigenvalue weighted by molar-refractivity contribution is 5.03. The molecule has 1 unspecified atom stereocenters. The van der Waals surface area contributed by atoms with Crippen LogP contribution in [-0.2, 0) is 0 Å². The maximum absolute atomic E-state index is 5.39. The van der Waals surface area contributed by atoms with Crippen molar-refractivity contribution in [1.29, 1.82) is 0 Å². The molecule has 1 aromatic rings. The quantitative estimate of drug-likeness (QED) is 0.798. The molecule has 2 N–H and O–H groups in total. The van der Waals surface area contributed by atoms with Gasteiger partial charge in [0.2, 0.25) is 0 Å². The highest BCUT2D eigenvalue weighted by atomic mass is 16.3. The predicted molar refractivity (Wildman–Crippen MR) is 60.8 cm³/mol. The molecule has 3 nitrogen and oxygen atoms in total. The lowest BCUT2D eigenvalue weighted by Crippen LogP contribution is -2.32. The van der Waals surface area contributed by atoms with Crippen LogP contribution in [0.5, 0.6) is 0 Å². The van der Waals surface area contributed by atoms with Crippen LogP contribution in [-0.4, -0.2) is 19.1 Å². The van der Waals surface area contributed by atoms with Crippen LogP contribution in [0.15, 0.2) is 22.8 Å². The molecule has 0 bridgehead atoms. The highest BCUT2D eigenvalue weighted by Gasteiger charge is 2.16. The fraction of sp³-hybridized carbons (Fsp3) is 0.667. The molecule has 0 radical (unpaired) electrons. The third-order valence-electron chi connectivity index (χ3n) is 3.03. The average Bonchev–Trinajstić information content (AvgIpc) is 2.65. The number of hydrogen-bond donors (Lipinski definition) is 2. The smallest absolute Gasteiger partial charge is 0.120 e. The Hall–Kier alpha value is -0.800. The molecule has 1 aromatic heterocycles. The van der Waals surface area contributed by atoms with E-state index in [0.717, 1.165) is 18.8 Å². The molecule has 2 atom stereocenters. The SMILES string of the molecule is C[C@H](NC1CCCNCC1)c1ccco1. The molecule has 15 heavy (non-hydrogen) atoms. The number of furan rings is 1. The Morgan fingerprint density at radius 3 is 3.20 bits per heavy atom. The number of rotatable bonds is 3. The minimum atomic E-state index is 0.322. The Balaban J connectivity index is 1.84. The Morgan fingerprint density at radius 2 is 2.40 bits per heavy atom. The molecule has 0 amide bonds. The standard InChI is InChI=1S/C12H20N2O/c1-10(12-5-3-9-15-12)14-11-4-2-7-13-8-6-11/h3,5,9-11,13-14H,2,4,6-8H2,1H3/t10-,11?/m0/s1. The lowest BCUT2D eigenvalue weighted by Gasteiger charge is -2.20. The Morgan fingerprint density at radius 1 is 1.47 bits per heavy atom. The molecule has 2 rings (SSSR count). The first-order valence-electron chi connectivity index (χ1n) is 5.86. The highest BCUT2D eigenvalue weighted by Crippen LogP contribution is 2.15. The summed E-state index contributed by atoms with van der Waals surface area (Å²) in [5.74, 6) is 1.03. The van der Waals surface area contributed by atoms with Crippen LogP contribution >= 0.6 is 0 Å². The zero-order chi connectivity index (χ0) is 10.5. The Kier molecular flexibility index (Phi) is 3.80. The van der Waals surface area contributed by atoms with Crippen molar-refractivity contribution in [3.63, 3.8) is 0 Å². The molecule has 2 heterocycles. The van der Waals surface area contributed by atoms with E-state index in [4.69, 9.17) is 4.42 Å². The van der Waals surface area contributed by atoms with Crippen molar-refractivity contribution in [3.8, 4) is 0 Å². The third kappa shape index (κ3) is 3.08. The van der Waals surface area contributed by atoms with Crippen LogP contribution < -0.4 is 10.6 Å². The molecule has 0 aromatic carbocycles. The molecule has 84 valence electrons. The summed E-state index contributed by atoms with van der Waals surface area (Å²) in [4.78, 5) is 0. The van der Waals surface area contributed by atoms with E-state index < -0.39 is 0 Å². The summed E-state index contributed by atoms with van der Waals surface area (Å²) >= 11 is 0. The van der Waals surface area contributed by atoms with Crippen LogP contribution in [0.4, 0.5) is 0 Å². The number of nitrogens with one attached hydrogen (secondary N) is 2. The zero-order valence-electron chi connectivity index (χ0n) is 9.33. The van der Waals surface area contributed by atoms with Crippen molar-refractivity contribution in [1.82, 2.24) is 10.6 Å². The van der Waals surface area contributed by atoms with Crippen LogP contribution in [0, 0.1) is 0 Å². The molecular weight excluding hydrogens is 188 g/mol. The first-order valence-corrected chi connectivity index (χ1v) is 5.86. The maximum Gasteiger partial charge on any atom is 0.120 e. The minimum absolute atomic E-state index is 0.322. The molecular formula is C12H20N2O. The van der Waals surface area contributed by atoms with Gasteiger partial charge in [-0.15, -0.1) is 0 Å². The molecule has 0 saturated carbocycles. The van der Waals surface area contributed by atoms with E-state index in [1.54, 1.807) is 6.26 Å². The normalized spacial score (nSPS) is 24.7. The van der Waals surface area contributed by atoms with Crippen molar-refractivity contribution in [2.24, 2.45) is 0 Å².